The molecule has 1 aliphatic carbocycles. The molecule has 2 rings (SSSR count). The molecule has 2 aliphatic rings. The standard InChI is InChI=1S/C14H24N2O4/c1-19-14(18)6-7-16(9-12-3-2-8-20-12)10-13(17)15-11-4-5-11/h11-12H,2-10H2,1H3,(H,15,17). The summed E-state index contributed by atoms with van der Waals surface area (Å²) in [6.07, 6.45) is 4.75. The first-order valence-electron chi connectivity index (χ1n) is 7.37. The topological polar surface area (TPSA) is 67.9 Å². The molecule has 2 fully saturated rings. The van der Waals surface area contributed by atoms with E-state index in [4.69, 9.17) is 4.74 Å². The van der Waals surface area contributed by atoms with E-state index >= 15 is 0 Å². The summed E-state index contributed by atoms with van der Waals surface area (Å²) >= 11 is 0. The summed E-state index contributed by atoms with van der Waals surface area (Å²) in [5, 5.41) is 2.97. The van der Waals surface area contributed by atoms with E-state index in [0.29, 0.717) is 32.1 Å². The molecule has 0 aromatic heterocycles. The number of hydrogen-bond acceptors (Lipinski definition) is 5. The van der Waals surface area contributed by atoms with Gasteiger partial charge >= 0.3 is 5.97 Å². The van der Waals surface area contributed by atoms with Crippen LogP contribution in [0, 0.1) is 0 Å². The SMILES string of the molecule is COC(=O)CCN(CC(=O)NC1CC1)CC1CCCO1. The predicted octanol–water partition coefficient (Wildman–Crippen LogP) is 0.309. The Labute approximate surface area is 119 Å². The average molecular weight is 284 g/mol. The van der Waals surface area contributed by atoms with E-state index in [0.717, 1.165) is 32.3 Å². The maximum atomic E-state index is 11.9. The summed E-state index contributed by atoms with van der Waals surface area (Å²) in [5.74, 6) is -0.208. The molecule has 20 heavy (non-hydrogen) atoms. The van der Waals surface area contributed by atoms with Crippen molar-refractivity contribution in [2.45, 2.75) is 44.2 Å². The number of amides is 1. The number of carbonyl (C=O) groups excluding carboxylic acids is 2. The van der Waals surface area contributed by atoms with Gasteiger partial charge in [-0.1, -0.05) is 0 Å². The van der Waals surface area contributed by atoms with Gasteiger partial charge in [0.15, 0.2) is 0 Å². The van der Waals surface area contributed by atoms with Crippen molar-refractivity contribution < 1.29 is 19.1 Å². The molecule has 0 aromatic rings. The van der Waals surface area contributed by atoms with Crippen LogP contribution in [0.1, 0.15) is 32.1 Å². The second-order valence-corrected chi connectivity index (χ2v) is 5.54. The molecule has 1 saturated carbocycles. The van der Waals surface area contributed by atoms with Crippen molar-refractivity contribution in [3.63, 3.8) is 0 Å². The minimum atomic E-state index is -0.245. The van der Waals surface area contributed by atoms with Crippen molar-refractivity contribution in [2.75, 3.05) is 33.4 Å². The van der Waals surface area contributed by atoms with Gasteiger partial charge in [-0.15, -0.1) is 0 Å². The van der Waals surface area contributed by atoms with Gasteiger partial charge < -0.3 is 14.8 Å². The van der Waals surface area contributed by atoms with Gasteiger partial charge in [0.05, 0.1) is 26.2 Å². The van der Waals surface area contributed by atoms with Gasteiger partial charge in [-0.2, -0.15) is 0 Å². The Kier molecular flexibility index (Phi) is 5.79. The number of rotatable bonds is 8. The van der Waals surface area contributed by atoms with Crippen molar-refractivity contribution >= 4 is 11.9 Å². The molecule has 1 amide bonds. The molecule has 1 heterocycles. The van der Waals surface area contributed by atoms with Crippen molar-refractivity contribution in [1.29, 1.82) is 0 Å². The van der Waals surface area contributed by atoms with Crippen molar-refractivity contribution in [3.8, 4) is 0 Å². The lowest BCUT2D eigenvalue weighted by Crippen LogP contribution is -2.42. The molecule has 6 nitrogen and oxygen atoms in total. The van der Waals surface area contributed by atoms with E-state index in [2.05, 4.69) is 10.1 Å². The first-order chi connectivity index (χ1) is 9.67. The summed E-state index contributed by atoms with van der Waals surface area (Å²) in [6, 6.07) is 0.368. The Hall–Kier alpha value is -1.14. The van der Waals surface area contributed by atoms with Crippen LogP contribution in [0.15, 0.2) is 0 Å². The third-order valence-corrected chi connectivity index (χ3v) is 3.66. The summed E-state index contributed by atoms with van der Waals surface area (Å²) < 4.78 is 10.3. The maximum absolute atomic E-state index is 11.9. The third-order valence-electron chi connectivity index (χ3n) is 3.66. The van der Waals surface area contributed by atoms with Gasteiger partial charge in [0.25, 0.3) is 0 Å². The highest BCUT2D eigenvalue weighted by molar-refractivity contribution is 5.78. The molecule has 0 radical (unpaired) electrons. The van der Waals surface area contributed by atoms with Crippen LogP contribution < -0.4 is 5.32 Å². The van der Waals surface area contributed by atoms with Gasteiger partial charge in [0.2, 0.25) is 5.91 Å². The Morgan fingerprint density at radius 2 is 2.15 bits per heavy atom. The summed E-state index contributed by atoms with van der Waals surface area (Å²) in [7, 11) is 1.38. The van der Waals surface area contributed by atoms with E-state index in [1.807, 2.05) is 4.90 Å². The zero-order valence-electron chi connectivity index (χ0n) is 12.1. The fourth-order valence-electron chi connectivity index (χ4n) is 2.37. The Morgan fingerprint density at radius 3 is 2.75 bits per heavy atom. The van der Waals surface area contributed by atoms with Crippen LogP contribution in [0.3, 0.4) is 0 Å². The zero-order valence-corrected chi connectivity index (χ0v) is 12.1. The van der Waals surface area contributed by atoms with E-state index in [1.165, 1.54) is 7.11 Å². The molecular weight excluding hydrogens is 260 g/mol. The first kappa shape index (κ1) is 15.3. The number of nitrogens with one attached hydrogen (secondary N) is 1. The Morgan fingerprint density at radius 1 is 1.35 bits per heavy atom. The van der Waals surface area contributed by atoms with Crippen LogP contribution in [-0.4, -0.2) is 62.3 Å². The first-order valence-corrected chi connectivity index (χ1v) is 7.37. The highest BCUT2D eigenvalue weighted by Crippen LogP contribution is 2.18. The van der Waals surface area contributed by atoms with Gasteiger partial charge in [-0.3, -0.25) is 14.5 Å². The van der Waals surface area contributed by atoms with Crippen molar-refractivity contribution in [3.05, 3.63) is 0 Å². The van der Waals surface area contributed by atoms with E-state index in [-0.39, 0.29) is 18.0 Å². The van der Waals surface area contributed by atoms with Crippen LogP contribution in [-0.2, 0) is 19.1 Å². The van der Waals surface area contributed by atoms with E-state index in [1.54, 1.807) is 0 Å². The zero-order chi connectivity index (χ0) is 14.4. The van der Waals surface area contributed by atoms with Crippen LogP contribution in [0.2, 0.25) is 0 Å². The van der Waals surface area contributed by atoms with E-state index < -0.39 is 0 Å². The quantitative estimate of drug-likeness (QED) is 0.650. The van der Waals surface area contributed by atoms with Crippen molar-refractivity contribution in [1.82, 2.24) is 10.2 Å². The number of esters is 1. The smallest absolute Gasteiger partial charge is 0.306 e. The molecule has 0 aromatic carbocycles. The Balaban J connectivity index is 1.77. The predicted molar refractivity (Wildman–Crippen MR) is 73.2 cm³/mol. The molecule has 6 heteroatoms. The van der Waals surface area contributed by atoms with Crippen molar-refractivity contribution in [2.24, 2.45) is 0 Å². The number of nitrogens with zero attached hydrogens (tertiary/aromatic N) is 1. The lowest BCUT2D eigenvalue weighted by Gasteiger charge is -2.24. The summed E-state index contributed by atoms with van der Waals surface area (Å²) in [6.45, 7) is 2.36. The lowest BCUT2D eigenvalue weighted by atomic mass is 10.2. The van der Waals surface area contributed by atoms with E-state index in [9.17, 15) is 9.59 Å². The van der Waals surface area contributed by atoms with Gasteiger partial charge in [-0.25, -0.2) is 0 Å². The minimum absolute atomic E-state index is 0.0374. The second kappa shape index (κ2) is 7.59. The number of ether oxygens (including phenoxy) is 2. The fourth-order valence-corrected chi connectivity index (χ4v) is 2.37. The molecule has 0 spiro atoms. The number of carbonyl (C=O) groups is 2. The van der Waals surface area contributed by atoms with Crippen LogP contribution in [0.4, 0.5) is 0 Å². The Bertz CT molecular complexity index is 338. The van der Waals surface area contributed by atoms with Crippen LogP contribution in [0.25, 0.3) is 0 Å². The molecular formula is C14H24N2O4. The molecule has 1 aliphatic heterocycles. The number of methoxy groups -OCH3 is 1. The molecule has 1 atom stereocenters. The number of hydrogen-bond donors (Lipinski definition) is 1. The molecule has 114 valence electrons. The normalized spacial score (nSPS) is 22.0. The average Bonchev–Trinajstić information content (AvgIpc) is 3.08. The molecule has 0 bridgehead atoms. The molecule has 1 N–H and O–H groups in total. The third kappa shape index (κ3) is 5.46. The summed E-state index contributed by atoms with van der Waals surface area (Å²) in [5.41, 5.74) is 0. The van der Waals surface area contributed by atoms with Gasteiger partial charge in [0.1, 0.15) is 0 Å². The largest absolute Gasteiger partial charge is 0.469 e. The highest BCUT2D eigenvalue weighted by Gasteiger charge is 2.25. The molecule has 1 unspecified atom stereocenters. The van der Waals surface area contributed by atoms with Crippen LogP contribution in [0.5, 0.6) is 0 Å². The monoisotopic (exact) mass is 284 g/mol. The minimum Gasteiger partial charge on any atom is -0.469 e. The lowest BCUT2D eigenvalue weighted by molar-refractivity contribution is -0.141. The second-order valence-electron chi connectivity index (χ2n) is 5.54. The van der Waals surface area contributed by atoms with Gasteiger partial charge in [-0.05, 0) is 25.7 Å². The van der Waals surface area contributed by atoms with Crippen LogP contribution >= 0.6 is 0 Å². The fraction of sp³-hybridized carbons (Fsp3) is 0.857. The maximum Gasteiger partial charge on any atom is 0.306 e. The summed E-state index contributed by atoms with van der Waals surface area (Å²) in [4.78, 5) is 25.1. The molecule has 1 saturated heterocycles. The highest BCUT2D eigenvalue weighted by atomic mass is 16.5. The van der Waals surface area contributed by atoms with Gasteiger partial charge in [0, 0.05) is 25.7 Å².